The molecule has 1 aromatic rings. The van der Waals surface area contributed by atoms with E-state index < -0.39 is 8.32 Å². The second-order valence-corrected chi connectivity index (χ2v) is 13.5. The molecule has 2 rings (SSSR count). The van der Waals surface area contributed by atoms with Crippen LogP contribution in [0.2, 0.25) is 18.1 Å². The van der Waals surface area contributed by atoms with E-state index in [9.17, 15) is 4.79 Å². The molecule has 0 aromatic carbocycles. The lowest BCUT2D eigenvalue weighted by molar-refractivity contribution is -0.146. The number of pyridine rings is 1. The molecule has 1 aliphatic heterocycles. The maximum Gasteiger partial charge on any atom is 0.224 e. The highest BCUT2D eigenvalue weighted by Crippen LogP contribution is 2.36. The maximum atomic E-state index is 11.9. The Morgan fingerprint density at radius 2 is 2.12 bits per heavy atom. The first kappa shape index (κ1) is 20.2. The molecule has 1 atom stereocenters. The van der Waals surface area contributed by atoms with Gasteiger partial charge in [-0.1, -0.05) is 39.1 Å². The Balaban J connectivity index is 1.78. The van der Waals surface area contributed by atoms with Crippen LogP contribution in [0.3, 0.4) is 0 Å². The third-order valence-corrected chi connectivity index (χ3v) is 10.4. The zero-order valence-electron chi connectivity index (χ0n) is 16.0. The number of carbonyl (C=O) groups excluding carboxylic acids is 1. The Morgan fingerprint density at radius 1 is 1.40 bits per heavy atom. The largest absolute Gasteiger partial charge is 0.415 e. The first-order valence-corrected chi connectivity index (χ1v) is 12.3. The van der Waals surface area contributed by atoms with Crippen LogP contribution in [0.15, 0.2) is 24.4 Å². The van der Waals surface area contributed by atoms with Gasteiger partial charge in [0.15, 0.2) is 8.32 Å². The summed E-state index contributed by atoms with van der Waals surface area (Å²) in [7, 11) is -1.75. The van der Waals surface area contributed by atoms with Crippen molar-refractivity contribution in [3.63, 3.8) is 0 Å². The molecule has 25 heavy (non-hydrogen) atoms. The molecule has 0 radical (unpaired) electrons. The van der Waals surface area contributed by atoms with E-state index in [1.165, 1.54) is 0 Å². The van der Waals surface area contributed by atoms with Crippen LogP contribution in [0.1, 0.15) is 45.7 Å². The highest BCUT2D eigenvalue weighted by molar-refractivity contribution is 7.80. The lowest BCUT2D eigenvalue weighted by Gasteiger charge is -2.42. The van der Waals surface area contributed by atoms with Gasteiger partial charge in [-0.2, -0.15) is 0 Å². The topological polar surface area (TPSA) is 42.4 Å². The van der Waals surface area contributed by atoms with Crippen LogP contribution in [0, 0.1) is 0 Å². The van der Waals surface area contributed by atoms with E-state index in [4.69, 9.17) is 16.6 Å². The van der Waals surface area contributed by atoms with Crippen LogP contribution in [-0.2, 0) is 9.22 Å². The summed E-state index contributed by atoms with van der Waals surface area (Å²) in [4.78, 5) is 19.1. The lowest BCUT2D eigenvalue weighted by atomic mass is 9.95. The molecule has 1 amide bonds. The normalized spacial score (nSPS) is 18.2. The SMILES string of the molecule is CC(C)(C)[Si](C)(C)OCCN1C(=O)CC1CCC(=S)c1ccccn1. The van der Waals surface area contributed by atoms with Gasteiger partial charge in [0.05, 0.1) is 12.3 Å². The number of thiocarbonyl (C=S) groups is 1. The quantitative estimate of drug-likeness (QED) is 0.294. The second kappa shape index (κ2) is 8.06. The zero-order chi connectivity index (χ0) is 18.7. The van der Waals surface area contributed by atoms with Gasteiger partial charge in [0.25, 0.3) is 0 Å². The molecule has 1 saturated heterocycles. The van der Waals surface area contributed by atoms with Crippen LogP contribution in [0.25, 0.3) is 0 Å². The number of amides is 1. The second-order valence-electron chi connectivity index (χ2n) is 8.23. The van der Waals surface area contributed by atoms with Crippen molar-refractivity contribution in [3.05, 3.63) is 30.1 Å². The summed E-state index contributed by atoms with van der Waals surface area (Å²) in [5.41, 5.74) is 0.871. The lowest BCUT2D eigenvalue weighted by Crippen LogP contribution is -2.54. The molecule has 0 saturated carbocycles. The van der Waals surface area contributed by atoms with E-state index in [1.807, 2.05) is 23.1 Å². The van der Waals surface area contributed by atoms with Crippen molar-refractivity contribution in [3.8, 4) is 0 Å². The average Bonchev–Trinajstić information content (AvgIpc) is 2.54. The summed E-state index contributed by atoms with van der Waals surface area (Å²) in [6.07, 6.45) is 4.09. The highest BCUT2D eigenvalue weighted by atomic mass is 32.1. The Labute approximate surface area is 158 Å². The minimum absolute atomic E-state index is 0.195. The van der Waals surface area contributed by atoms with Gasteiger partial charge in [-0.25, -0.2) is 0 Å². The molecule has 0 bridgehead atoms. The van der Waals surface area contributed by atoms with E-state index in [-0.39, 0.29) is 17.0 Å². The standard InChI is InChI=1S/C19H30N2O2SSi/c1-19(2,3)25(4,5)23-13-12-21-15(14-18(21)22)9-10-17(24)16-8-6-7-11-20-16/h6-8,11,15H,9-10,12-14H2,1-5H3. The third kappa shape index (κ3) is 5.18. The van der Waals surface area contributed by atoms with Gasteiger partial charge < -0.3 is 9.33 Å². The fraction of sp³-hybridized carbons (Fsp3) is 0.632. The van der Waals surface area contributed by atoms with Crippen LogP contribution < -0.4 is 0 Å². The number of β-lactam (4-membered cyclic amide) rings is 1. The molecule has 1 unspecified atom stereocenters. The molecular formula is C19H30N2O2SSi. The van der Waals surface area contributed by atoms with Crippen molar-refractivity contribution in [1.82, 2.24) is 9.88 Å². The maximum absolute atomic E-state index is 11.9. The monoisotopic (exact) mass is 378 g/mol. The number of hydrogen-bond donors (Lipinski definition) is 0. The van der Waals surface area contributed by atoms with E-state index in [0.717, 1.165) is 23.4 Å². The van der Waals surface area contributed by atoms with Crippen LogP contribution in [-0.4, -0.2) is 48.2 Å². The van der Waals surface area contributed by atoms with Crippen molar-refractivity contribution in [2.45, 2.75) is 64.2 Å². The van der Waals surface area contributed by atoms with Crippen molar-refractivity contribution < 1.29 is 9.22 Å². The molecule has 2 heterocycles. The summed E-state index contributed by atoms with van der Waals surface area (Å²) in [6.45, 7) is 12.5. The summed E-state index contributed by atoms with van der Waals surface area (Å²) >= 11 is 5.47. The summed E-state index contributed by atoms with van der Waals surface area (Å²) in [5.74, 6) is 0.229. The third-order valence-electron chi connectivity index (χ3n) is 5.43. The number of nitrogens with zero attached hydrogens (tertiary/aromatic N) is 2. The minimum Gasteiger partial charge on any atom is -0.415 e. The Bertz CT molecular complexity index is 614. The molecular weight excluding hydrogens is 348 g/mol. The van der Waals surface area contributed by atoms with Crippen molar-refractivity contribution in [2.24, 2.45) is 0 Å². The first-order chi connectivity index (χ1) is 11.6. The fourth-order valence-electron chi connectivity index (χ4n) is 2.65. The number of hydrogen-bond acceptors (Lipinski definition) is 4. The van der Waals surface area contributed by atoms with Gasteiger partial charge in [-0.05, 0) is 43.1 Å². The Kier molecular flexibility index (Phi) is 6.51. The van der Waals surface area contributed by atoms with Crippen molar-refractivity contribution in [1.29, 1.82) is 0 Å². The van der Waals surface area contributed by atoms with Crippen molar-refractivity contribution in [2.75, 3.05) is 13.2 Å². The van der Waals surface area contributed by atoms with Crippen LogP contribution in [0.4, 0.5) is 0 Å². The predicted octanol–water partition coefficient (Wildman–Crippen LogP) is 4.20. The first-order valence-electron chi connectivity index (χ1n) is 8.99. The smallest absolute Gasteiger partial charge is 0.224 e. The number of carbonyl (C=O) groups is 1. The van der Waals surface area contributed by atoms with Gasteiger partial charge in [0.1, 0.15) is 0 Å². The Hall–Kier alpha value is -1.11. The van der Waals surface area contributed by atoms with E-state index in [1.54, 1.807) is 6.20 Å². The molecule has 1 fully saturated rings. The summed E-state index contributed by atoms with van der Waals surface area (Å²) in [6, 6.07) is 6.07. The Morgan fingerprint density at radius 3 is 2.68 bits per heavy atom. The summed E-state index contributed by atoms with van der Waals surface area (Å²) in [5, 5.41) is 0.195. The van der Waals surface area contributed by atoms with Gasteiger partial charge >= 0.3 is 0 Å². The van der Waals surface area contributed by atoms with Gasteiger partial charge in [-0.15, -0.1) is 0 Å². The molecule has 1 aliphatic rings. The van der Waals surface area contributed by atoms with E-state index in [0.29, 0.717) is 19.6 Å². The molecule has 0 N–H and O–H groups in total. The zero-order valence-corrected chi connectivity index (χ0v) is 17.9. The van der Waals surface area contributed by atoms with Gasteiger partial charge in [0.2, 0.25) is 5.91 Å². The summed E-state index contributed by atoms with van der Waals surface area (Å²) < 4.78 is 6.20. The van der Waals surface area contributed by atoms with Crippen LogP contribution >= 0.6 is 12.2 Å². The van der Waals surface area contributed by atoms with Crippen LogP contribution in [0.5, 0.6) is 0 Å². The fourth-order valence-corrected chi connectivity index (χ4v) is 3.93. The molecule has 138 valence electrons. The molecule has 0 spiro atoms. The van der Waals surface area contributed by atoms with Gasteiger partial charge in [0, 0.05) is 30.1 Å². The predicted molar refractivity (Wildman–Crippen MR) is 108 cm³/mol. The highest BCUT2D eigenvalue weighted by Gasteiger charge is 2.39. The number of aromatic nitrogens is 1. The molecule has 0 aliphatic carbocycles. The molecule has 6 heteroatoms. The minimum atomic E-state index is -1.75. The average molecular weight is 379 g/mol. The van der Waals surface area contributed by atoms with E-state index >= 15 is 0 Å². The number of likely N-dealkylation sites (tertiary alicyclic amines) is 1. The number of rotatable bonds is 8. The van der Waals surface area contributed by atoms with Gasteiger partial charge in [-0.3, -0.25) is 9.78 Å². The molecule has 4 nitrogen and oxygen atoms in total. The van der Waals surface area contributed by atoms with E-state index in [2.05, 4.69) is 38.8 Å². The van der Waals surface area contributed by atoms with Crippen molar-refractivity contribution >= 4 is 31.3 Å². The molecule has 1 aromatic heterocycles.